The molecule has 0 bridgehead atoms. The molecule has 0 fully saturated rings. The van der Waals surface area contributed by atoms with Crippen LogP contribution in [0.3, 0.4) is 0 Å². The summed E-state index contributed by atoms with van der Waals surface area (Å²) in [6, 6.07) is 4.94. The van der Waals surface area contributed by atoms with Gasteiger partial charge in [-0.1, -0.05) is 19.1 Å². The highest BCUT2D eigenvalue weighted by molar-refractivity contribution is 5.74. The molecule has 0 aromatic heterocycles. The van der Waals surface area contributed by atoms with E-state index in [0.717, 1.165) is 5.56 Å². The summed E-state index contributed by atoms with van der Waals surface area (Å²) in [5, 5.41) is 11.0. The number of nitro benzene ring substituents is 1. The molecule has 0 spiro atoms. The number of hydrogen-bond donors (Lipinski definition) is 0. The molecule has 0 aliphatic carbocycles. The summed E-state index contributed by atoms with van der Waals surface area (Å²) < 4.78 is 5.17. The number of ether oxygens (including phenoxy) is 1. The number of nitrogens with zero attached hydrogens (tertiary/aromatic N) is 1. The first-order valence-corrected chi connectivity index (χ1v) is 6.21. The zero-order valence-corrected chi connectivity index (χ0v) is 11.7. The van der Waals surface area contributed by atoms with E-state index in [1.165, 1.54) is 6.07 Å². The van der Waals surface area contributed by atoms with Crippen molar-refractivity contribution in [1.82, 2.24) is 0 Å². The Hall–Kier alpha value is -1.91. The van der Waals surface area contributed by atoms with Gasteiger partial charge in [-0.3, -0.25) is 14.9 Å². The minimum Gasteiger partial charge on any atom is -0.460 e. The van der Waals surface area contributed by atoms with Crippen molar-refractivity contribution in [2.45, 2.75) is 46.1 Å². The minimum absolute atomic E-state index is 0.0230. The molecule has 5 heteroatoms. The number of esters is 1. The lowest BCUT2D eigenvalue weighted by molar-refractivity contribution is -0.385. The number of nitro groups is 1. The van der Waals surface area contributed by atoms with E-state index in [4.69, 9.17) is 4.74 Å². The van der Waals surface area contributed by atoms with Crippen LogP contribution in [-0.4, -0.2) is 16.5 Å². The molecule has 0 aliphatic rings. The predicted octanol–water partition coefficient (Wildman–Crippen LogP) is 3.04. The van der Waals surface area contributed by atoms with Crippen molar-refractivity contribution in [3.8, 4) is 0 Å². The van der Waals surface area contributed by atoms with Crippen LogP contribution in [0, 0.1) is 10.1 Å². The third-order valence-electron chi connectivity index (χ3n) is 2.51. The zero-order valence-electron chi connectivity index (χ0n) is 11.7. The molecule has 0 unspecified atom stereocenters. The van der Waals surface area contributed by atoms with Gasteiger partial charge in [0.05, 0.1) is 11.3 Å². The van der Waals surface area contributed by atoms with Crippen molar-refractivity contribution < 1.29 is 14.5 Å². The summed E-state index contributed by atoms with van der Waals surface area (Å²) in [5.74, 6) is -0.458. The van der Waals surface area contributed by atoms with Crippen LogP contribution in [0.2, 0.25) is 0 Å². The fourth-order valence-electron chi connectivity index (χ4n) is 1.68. The van der Waals surface area contributed by atoms with Crippen LogP contribution in [-0.2, 0) is 22.4 Å². The number of carbonyl (C=O) groups excluding carboxylic acids is 1. The summed E-state index contributed by atoms with van der Waals surface area (Å²) in [7, 11) is 0. The maximum absolute atomic E-state index is 11.7. The fourth-order valence-corrected chi connectivity index (χ4v) is 1.68. The molecular formula is C14H19NO4. The molecule has 0 saturated carbocycles. The normalized spacial score (nSPS) is 11.2. The standard InChI is InChI=1S/C14H19NO4/c1-5-10-6-7-11(12(8-10)15(17)18)9-13(16)19-14(2,3)4/h6-8H,5,9H2,1-4H3. The van der Waals surface area contributed by atoms with Crippen LogP contribution >= 0.6 is 0 Å². The Morgan fingerprint density at radius 3 is 2.47 bits per heavy atom. The molecule has 0 saturated heterocycles. The van der Waals surface area contributed by atoms with E-state index in [-0.39, 0.29) is 12.1 Å². The van der Waals surface area contributed by atoms with Gasteiger partial charge >= 0.3 is 5.97 Å². The molecule has 1 aromatic rings. The Morgan fingerprint density at radius 2 is 2.00 bits per heavy atom. The van der Waals surface area contributed by atoms with Crippen LogP contribution in [0.25, 0.3) is 0 Å². The monoisotopic (exact) mass is 265 g/mol. The van der Waals surface area contributed by atoms with E-state index >= 15 is 0 Å². The number of carbonyl (C=O) groups is 1. The van der Waals surface area contributed by atoms with Crippen molar-refractivity contribution in [1.29, 1.82) is 0 Å². The highest BCUT2D eigenvalue weighted by Crippen LogP contribution is 2.22. The lowest BCUT2D eigenvalue weighted by atomic mass is 10.0. The topological polar surface area (TPSA) is 69.4 Å². The van der Waals surface area contributed by atoms with Crippen LogP contribution in [0.1, 0.15) is 38.8 Å². The molecular weight excluding hydrogens is 246 g/mol. The maximum atomic E-state index is 11.7. The van der Waals surface area contributed by atoms with Crippen molar-refractivity contribution >= 4 is 11.7 Å². The second kappa shape index (κ2) is 5.82. The molecule has 5 nitrogen and oxygen atoms in total. The minimum atomic E-state index is -0.588. The molecule has 19 heavy (non-hydrogen) atoms. The van der Waals surface area contributed by atoms with Gasteiger partial charge in [0, 0.05) is 11.6 Å². The van der Waals surface area contributed by atoms with Gasteiger partial charge in [0.15, 0.2) is 0 Å². The van der Waals surface area contributed by atoms with Crippen molar-refractivity contribution in [3.63, 3.8) is 0 Å². The highest BCUT2D eigenvalue weighted by Gasteiger charge is 2.21. The number of rotatable bonds is 4. The van der Waals surface area contributed by atoms with Gasteiger partial charge in [0.1, 0.15) is 5.60 Å². The molecule has 104 valence electrons. The van der Waals surface area contributed by atoms with Gasteiger partial charge in [0.2, 0.25) is 0 Å². The lowest BCUT2D eigenvalue weighted by Gasteiger charge is -2.19. The van der Waals surface area contributed by atoms with Gasteiger partial charge in [-0.2, -0.15) is 0 Å². The summed E-state index contributed by atoms with van der Waals surface area (Å²) in [6.07, 6.45) is 0.630. The number of aryl methyl sites for hydroxylation is 1. The number of hydrogen-bond acceptors (Lipinski definition) is 4. The SMILES string of the molecule is CCc1ccc(CC(=O)OC(C)(C)C)c([N+](=O)[O-])c1. The second-order valence-electron chi connectivity index (χ2n) is 5.34. The average Bonchev–Trinajstić information content (AvgIpc) is 2.26. The molecule has 0 aliphatic heterocycles. The van der Waals surface area contributed by atoms with E-state index in [2.05, 4.69) is 0 Å². The zero-order chi connectivity index (χ0) is 14.6. The lowest BCUT2D eigenvalue weighted by Crippen LogP contribution is -2.25. The van der Waals surface area contributed by atoms with Gasteiger partial charge in [0.25, 0.3) is 5.69 Å². The molecule has 0 radical (unpaired) electrons. The van der Waals surface area contributed by atoms with E-state index < -0.39 is 16.5 Å². The highest BCUT2D eigenvalue weighted by atomic mass is 16.6. The predicted molar refractivity (Wildman–Crippen MR) is 72.0 cm³/mol. The van der Waals surface area contributed by atoms with E-state index in [1.54, 1.807) is 32.9 Å². The van der Waals surface area contributed by atoms with Crippen LogP contribution < -0.4 is 0 Å². The molecule has 0 heterocycles. The molecule has 0 amide bonds. The van der Waals surface area contributed by atoms with Gasteiger partial charge in [-0.15, -0.1) is 0 Å². The second-order valence-corrected chi connectivity index (χ2v) is 5.34. The summed E-state index contributed by atoms with van der Waals surface area (Å²) in [6.45, 7) is 7.21. The first-order chi connectivity index (χ1) is 8.73. The Labute approximate surface area is 112 Å². The molecule has 1 rings (SSSR count). The van der Waals surface area contributed by atoms with Gasteiger partial charge in [-0.25, -0.2) is 0 Å². The molecule has 0 atom stereocenters. The quantitative estimate of drug-likeness (QED) is 0.476. The van der Waals surface area contributed by atoms with Crippen molar-refractivity contribution in [3.05, 3.63) is 39.4 Å². The van der Waals surface area contributed by atoms with Crippen molar-refractivity contribution in [2.24, 2.45) is 0 Å². The first-order valence-electron chi connectivity index (χ1n) is 6.21. The van der Waals surface area contributed by atoms with E-state index in [0.29, 0.717) is 12.0 Å². The summed E-state index contributed by atoms with van der Waals surface area (Å²) in [5.41, 5.74) is 0.649. The van der Waals surface area contributed by atoms with Crippen LogP contribution in [0.5, 0.6) is 0 Å². The molecule has 0 N–H and O–H groups in total. The Balaban J connectivity index is 2.95. The van der Waals surface area contributed by atoms with Crippen molar-refractivity contribution in [2.75, 3.05) is 0 Å². The number of benzene rings is 1. The Kier molecular flexibility index (Phi) is 4.64. The van der Waals surface area contributed by atoms with Gasteiger partial charge in [-0.05, 0) is 32.8 Å². The first kappa shape index (κ1) is 15.1. The van der Waals surface area contributed by atoms with E-state index in [1.807, 2.05) is 6.92 Å². The fraction of sp³-hybridized carbons (Fsp3) is 0.500. The van der Waals surface area contributed by atoms with E-state index in [9.17, 15) is 14.9 Å². The third-order valence-corrected chi connectivity index (χ3v) is 2.51. The smallest absolute Gasteiger partial charge is 0.311 e. The maximum Gasteiger partial charge on any atom is 0.311 e. The summed E-state index contributed by atoms with van der Waals surface area (Å²) >= 11 is 0. The average molecular weight is 265 g/mol. The van der Waals surface area contributed by atoms with Crippen LogP contribution in [0.15, 0.2) is 18.2 Å². The van der Waals surface area contributed by atoms with Crippen LogP contribution in [0.4, 0.5) is 5.69 Å². The third kappa shape index (κ3) is 4.69. The Morgan fingerprint density at radius 1 is 1.37 bits per heavy atom. The molecule has 1 aromatic carbocycles. The summed E-state index contributed by atoms with van der Waals surface area (Å²) in [4.78, 5) is 22.3. The largest absolute Gasteiger partial charge is 0.460 e. The Bertz CT molecular complexity index is 489. The van der Waals surface area contributed by atoms with Gasteiger partial charge < -0.3 is 4.74 Å².